The molecule has 1 aliphatic rings. The monoisotopic (exact) mass is 407 g/mol. The summed E-state index contributed by atoms with van der Waals surface area (Å²) in [6, 6.07) is 9.87. The second-order valence-corrected chi connectivity index (χ2v) is 8.29. The van der Waals surface area contributed by atoms with Gasteiger partial charge in [0.1, 0.15) is 23.0 Å². The van der Waals surface area contributed by atoms with Gasteiger partial charge in [0.25, 0.3) is 0 Å². The number of nitrogens with zero attached hydrogens (tertiary/aromatic N) is 1. The maximum absolute atomic E-state index is 11.1. The molecule has 0 saturated heterocycles. The molecular formula is C25H29NO4. The fourth-order valence-electron chi connectivity index (χ4n) is 4.82. The molecule has 4 rings (SSSR count). The number of benzene rings is 3. The lowest BCUT2D eigenvalue weighted by Gasteiger charge is -2.39. The maximum atomic E-state index is 11.1. The summed E-state index contributed by atoms with van der Waals surface area (Å²) in [5, 5.41) is 23.2. The van der Waals surface area contributed by atoms with E-state index in [0.717, 1.165) is 34.1 Å². The summed E-state index contributed by atoms with van der Waals surface area (Å²) in [6.07, 6.45) is 0.851. The summed E-state index contributed by atoms with van der Waals surface area (Å²) in [5.41, 5.74) is 4.58. The van der Waals surface area contributed by atoms with E-state index in [1.54, 1.807) is 20.3 Å². The molecule has 0 amide bonds. The van der Waals surface area contributed by atoms with Crippen LogP contribution in [0.1, 0.15) is 36.6 Å². The highest BCUT2D eigenvalue weighted by molar-refractivity contribution is 6.05. The summed E-state index contributed by atoms with van der Waals surface area (Å²) >= 11 is 0. The molecule has 0 fully saturated rings. The first-order valence-corrected chi connectivity index (χ1v) is 10.2. The number of likely N-dealkylation sites (N-methyl/N-ethyl adjacent to an activating group) is 1. The molecule has 30 heavy (non-hydrogen) atoms. The average Bonchev–Trinajstić information content (AvgIpc) is 2.70. The van der Waals surface area contributed by atoms with E-state index in [2.05, 4.69) is 25.8 Å². The number of methoxy groups -OCH3 is 2. The third-order valence-electron chi connectivity index (χ3n) is 6.52. The zero-order chi connectivity index (χ0) is 21.7. The van der Waals surface area contributed by atoms with Gasteiger partial charge in [0.15, 0.2) is 0 Å². The average molecular weight is 408 g/mol. The van der Waals surface area contributed by atoms with E-state index in [4.69, 9.17) is 9.47 Å². The van der Waals surface area contributed by atoms with E-state index in [0.29, 0.717) is 28.5 Å². The first-order valence-electron chi connectivity index (χ1n) is 10.2. The molecule has 0 radical (unpaired) electrons. The predicted molar refractivity (Wildman–Crippen MR) is 120 cm³/mol. The van der Waals surface area contributed by atoms with Crippen LogP contribution in [0.25, 0.3) is 21.9 Å². The molecule has 0 unspecified atom stereocenters. The number of ether oxygens (including phenoxy) is 2. The van der Waals surface area contributed by atoms with Crippen LogP contribution in [0, 0.1) is 6.92 Å². The Morgan fingerprint density at radius 1 is 1.00 bits per heavy atom. The molecule has 5 heteroatoms. The van der Waals surface area contributed by atoms with Crippen LogP contribution in [0.4, 0.5) is 0 Å². The van der Waals surface area contributed by atoms with Crippen molar-refractivity contribution >= 4 is 10.8 Å². The van der Waals surface area contributed by atoms with E-state index in [1.807, 2.05) is 31.2 Å². The Bertz CT molecular complexity index is 1140. The highest BCUT2D eigenvalue weighted by atomic mass is 16.5. The predicted octanol–water partition coefficient (Wildman–Crippen LogP) is 5.18. The SMILES string of the molecule is COc1c(-c2ccc(OC)c3c(O)cc(C)cc23)c(O)cc2c1[C@@H](C)N(C)[C@@H](C)C2. The first-order chi connectivity index (χ1) is 14.3. The van der Waals surface area contributed by atoms with Crippen molar-refractivity contribution in [3.8, 4) is 34.1 Å². The summed E-state index contributed by atoms with van der Waals surface area (Å²) in [7, 11) is 5.36. The van der Waals surface area contributed by atoms with Gasteiger partial charge in [-0.05, 0) is 80.6 Å². The number of hydrogen-bond donors (Lipinski definition) is 2. The summed E-state index contributed by atoms with van der Waals surface area (Å²) in [6.45, 7) is 6.30. The Labute approximate surface area is 177 Å². The van der Waals surface area contributed by atoms with Crippen LogP contribution in [0.15, 0.2) is 30.3 Å². The zero-order valence-corrected chi connectivity index (χ0v) is 18.4. The van der Waals surface area contributed by atoms with Gasteiger partial charge < -0.3 is 19.7 Å². The molecule has 3 aromatic rings. The summed E-state index contributed by atoms with van der Waals surface area (Å²) < 4.78 is 11.4. The quantitative estimate of drug-likeness (QED) is 0.626. The third kappa shape index (κ3) is 2.96. The number of hydrogen-bond acceptors (Lipinski definition) is 5. The van der Waals surface area contributed by atoms with Gasteiger partial charge in [-0.25, -0.2) is 0 Å². The minimum absolute atomic E-state index is 0.151. The Balaban J connectivity index is 2.09. The lowest BCUT2D eigenvalue weighted by molar-refractivity contribution is 0.175. The van der Waals surface area contributed by atoms with Gasteiger partial charge in [0.2, 0.25) is 0 Å². The fourth-order valence-corrected chi connectivity index (χ4v) is 4.82. The summed E-state index contributed by atoms with van der Waals surface area (Å²) in [4.78, 5) is 2.33. The number of fused-ring (bicyclic) bond motifs is 2. The van der Waals surface area contributed by atoms with E-state index in [1.165, 1.54) is 0 Å². The topological polar surface area (TPSA) is 62.2 Å². The second-order valence-electron chi connectivity index (χ2n) is 8.29. The number of aromatic hydroxyl groups is 2. The van der Waals surface area contributed by atoms with Crippen molar-refractivity contribution in [1.29, 1.82) is 0 Å². The third-order valence-corrected chi connectivity index (χ3v) is 6.52. The Morgan fingerprint density at radius 2 is 1.73 bits per heavy atom. The Kier molecular flexibility index (Phi) is 5.02. The van der Waals surface area contributed by atoms with Gasteiger partial charge in [-0.1, -0.05) is 6.07 Å². The van der Waals surface area contributed by atoms with Gasteiger partial charge in [-0.2, -0.15) is 0 Å². The van der Waals surface area contributed by atoms with Crippen molar-refractivity contribution in [2.45, 2.75) is 39.3 Å². The number of phenols is 2. The largest absolute Gasteiger partial charge is 0.507 e. The van der Waals surface area contributed by atoms with Gasteiger partial charge in [-0.3, -0.25) is 4.90 Å². The van der Waals surface area contributed by atoms with Crippen LogP contribution < -0.4 is 9.47 Å². The van der Waals surface area contributed by atoms with Gasteiger partial charge in [-0.15, -0.1) is 0 Å². The molecule has 158 valence electrons. The van der Waals surface area contributed by atoms with Crippen LogP contribution in [-0.2, 0) is 6.42 Å². The van der Waals surface area contributed by atoms with Crippen LogP contribution in [-0.4, -0.2) is 42.4 Å². The minimum Gasteiger partial charge on any atom is -0.507 e. The van der Waals surface area contributed by atoms with E-state index in [-0.39, 0.29) is 17.5 Å². The van der Waals surface area contributed by atoms with Crippen molar-refractivity contribution in [1.82, 2.24) is 4.90 Å². The molecular weight excluding hydrogens is 378 g/mol. The molecule has 0 aliphatic carbocycles. The first kappa shape index (κ1) is 20.4. The zero-order valence-electron chi connectivity index (χ0n) is 18.4. The normalized spacial score (nSPS) is 19.0. The molecule has 2 N–H and O–H groups in total. The molecule has 3 aromatic carbocycles. The number of phenolic OH excluding ortho intramolecular Hbond substituents is 2. The van der Waals surface area contributed by atoms with Crippen LogP contribution in [0.2, 0.25) is 0 Å². The lowest BCUT2D eigenvalue weighted by atomic mass is 9.84. The van der Waals surface area contributed by atoms with Gasteiger partial charge in [0, 0.05) is 17.6 Å². The molecule has 0 aromatic heterocycles. The van der Waals surface area contributed by atoms with Crippen LogP contribution >= 0.6 is 0 Å². The van der Waals surface area contributed by atoms with E-state index in [9.17, 15) is 10.2 Å². The Morgan fingerprint density at radius 3 is 2.40 bits per heavy atom. The van der Waals surface area contributed by atoms with Crippen molar-refractivity contribution < 1.29 is 19.7 Å². The second kappa shape index (κ2) is 7.40. The van der Waals surface area contributed by atoms with Crippen molar-refractivity contribution in [3.05, 3.63) is 47.0 Å². The fraction of sp³-hybridized carbons (Fsp3) is 0.360. The summed E-state index contributed by atoms with van der Waals surface area (Å²) in [5.74, 6) is 1.61. The molecule has 0 spiro atoms. The molecule has 0 saturated carbocycles. The molecule has 1 heterocycles. The van der Waals surface area contributed by atoms with Crippen LogP contribution in [0.3, 0.4) is 0 Å². The van der Waals surface area contributed by atoms with E-state index >= 15 is 0 Å². The number of rotatable bonds is 3. The molecule has 1 aliphatic heterocycles. The molecule has 2 atom stereocenters. The minimum atomic E-state index is 0.151. The van der Waals surface area contributed by atoms with Crippen molar-refractivity contribution in [3.63, 3.8) is 0 Å². The van der Waals surface area contributed by atoms with Crippen molar-refractivity contribution in [2.75, 3.05) is 21.3 Å². The molecule has 0 bridgehead atoms. The standard InChI is InChI=1S/C25H29NO4/c1-13-9-18-17(7-8-21(29-5)23(18)19(27)10-13)24-20(28)12-16-11-14(2)26(4)15(3)22(16)25(24)30-6/h7-10,12,14-15,27-28H,11H2,1-6H3/t14-,15+/m0/s1. The molecule has 5 nitrogen and oxygen atoms in total. The van der Waals surface area contributed by atoms with Crippen molar-refractivity contribution in [2.24, 2.45) is 0 Å². The maximum Gasteiger partial charge on any atom is 0.135 e. The Hall–Kier alpha value is -2.92. The highest BCUT2D eigenvalue weighted by Gasteiger charge is 2.32. The van der Waals surface area contributed by atoms with E-state index < -0.39 is 0 Å². The smallest absolute Gasteiger partial charge is 0.135 e. The number of aryl methyl sites for hydroxylation is 1. The van der Waals surface area contributed by atoms with Crippen LogP contribution in [0.5, 0.6) is 23.0 Å². The van der Waals surface area contributed by atoms with Gasteiger partial charge >= 0.3 is 0 Å². The van der Waals surface area contributed by atoms with Gasteiger partial charge in [0.05, 0.1) is 25.2 Å². The lowest BCUT2D eigenvalue weighted by Crippen LogP contribution is -2.38. The highest BCUT2D eigenvalue weighted by Crippen LogP contribution is 2.50.